The van der Waals surface area contributed by atoms with Crippen molar-refractivity contribution in [1.82, 2.24) is 4.90 Å². The Morgan fingerprint density at radius 2 is 1.96 bits per heavy atom. The van der Waals surface area contributed by atoms with Crippen LogP contribution in [-0.2, 0) is 21.2 Å². The first-order chi connectivity index (χ1) is 12.8. The molecule has 0 saturated carbocycles. The van der Waals surface area contributed by atoms with Crippen molar-refractivity contribution >= 4 is 15.7 Å². The first-order valence-corrected chi connectivity index (χ1v) is 10.6. The summed E-state index contributed by atoms with van der Waals surface area (Å²) in [6.45, 7) is 1.89. The molecule has 1 aliphatic heterocycles. The van der Waals surface area contributed by atoms with Gasteiger partial charge in [-0.2, -0.15) is 0 Å². The molecule has 7 heteroatoms. The maximum atomic E-state index is 13.4. The average molecular weight is 391 g/mol. The molecule has 1 fully saturated rings. The molecule has 0 spiro atoms. The van der Waals surface area contributed by atoms with Gasteiger partial charge in [0, 0.05) is 18.7 Å². The lowest BCUT2D eigenvalue weighted by atomic mass is 10.1. The first kappa shape index (κ1) is 19.4. The SMILES string of the molecule is C[C@@H](Oc1cccc(F)c1)C(=O)N(Cc1ccccc1)[C@@H]1CCS(=O)(=O)C1. The number of halogens is 1. The van der Waals surface area contributed by atoms with E-state index in [0.717, 1.165) is 5.56 Å². The number of ether oxygens (including phenoxy) is 1. The molecule has 1 aliphatic rings. The molecule has 2 aromatic rings. The molecule has 0 aliphatic carbocycles. The summed E-state index contributed by atoms with van der Waals surface area (Å²) in [5, 5.41) is 0. The highest BCUT2D eigenvalue weighted by Crippen LogP contribution is 2.22. The molecule has 5 nitrogen and oxygen atoms in total. The van der Waals surface area contributed by atoms with Gasteiger partial charge in [0.1, 0.15) is 11.6 Å². The van der Waals surface area contributed by atoms with E-state index in [1.807, 2.05) is 30.3 Å². The summed E-state index contributed by atoms with van der Waals surface area (Å²) >= 11 is 0. The van der Waals surface area contributed by atoms with Gasteiger partial charge in [-0.3, -0.25) is 4.79 Å². The third-order valence-electron chi connectivity index (χ3n) is 4.58. The maximum Gasteiger partial charge on any atom is 0.263 e. The van der Waals surface area contributed by atoms with Crippen molar-refractivity contribution in [2.75, 3.05) is 11.5 Å². The largest absolute Gasteiger partial charge is 0.481 e. The summed E-state index contributed by atoms with van der Waals surface area (Å²) in [4.78, 5) is 14.6. The fourth-order valence-corrected chi connectivity index (χ4v) is 4.95. The Balaban J connectivity index is 1.79. The number of carbonyl (C=O) groups is 1. The molecule has 1 heterocycles. The number of hydrogen-bond donors (Lipinski definition) is 0. The molecule has 0 unspecified atom stereocenters. The highest BCUT2D eigenvalue weighted by Gasteiger charge is 2.36. The van der Waals surface area contributed by atoms with Crippen molar-refractivity contribution in [1.29, 1.82) is 0 Å². The van der Waals surface area contributed by atoms with Gasteiger partial charge in [-0.15, -0.1) is 0 Å². The third-order valence-corrected chi connectivity index (χ3v) is 6.34. The molecule has 1 saturated heterocycles. The van der Waals surface area contributed by atoms with Gasteiger partial charge in [-0.1, -0.05) is 36.4 Å². The van der Waals surface area contributed by atoms with E-state index in [1.165, 1.54) is 18.2 Å². The quantitative estimate of drug-likeness (QED) is 0.760. The summed E-state index contributed by atoms with van der Waals surface area (Å²) in [5.41, 5.74) is 0.910. The molecule has 27 heavy (non-hydrogen) atoms. The second-order valence-corrected chi connectivity index (χ2v) is 8.95. The second-order valence-electron chi connectivity index (χ2n) is 6.73. The second kappa shape index (κ2) is 8.08. The number of rotatable bonds is 6. The molecule has 0 radical (unpaired) electrons. The molecule has 0 N–H and O–H groups in total. The first-order valence-electron chi connectivity index (χ1n) is 8.81. The van der Waals surface area contributed by atoms with E-state index in [-0.39, 0.29) is 29.2 Å². The van der Waals surface area contributed by atoms with Gasteiger partial charge in [0.05, 0.1) is 11.5 Å². The van der Waals surface area contributed by atoms with Gasteiger partial charge in [0.15, 0.2) is 15.9 Å². The number of sulfone groups is 1. The van der Waals surface area contributed by atoms with E-state index in [2.05, 4.69) is 0 Å². The van der Waals surface area contributed by atoms with Crippen LogP contribution in [-0.4, -0.2) is 42.9 Å². The van der Waals surface area contributed by atoms with Crippen LogP contribution >= 0.6 is 0 Å². The Morgan fingerprint density at radius 3 is 2.59 bits per heavy atom. The van der Waals surface area contributed by atoms with Crippen molar-refractivity contribution in [3.05, 3.63) is 66.0 Å². The minimum absolute atomic E-state index is 0.0434. The zero-order valence-electron chi connectivity index (χ0n) is 15.0. The van der Waals surface area contributed by atoms with Gasteiger partial charge in [-0.05, 0) is 31.0 Å². The average Bonchev–Trinajstić information content (AvgIpc) is 2.99. The fraction of sp³-hybridized carbons (Fsp3) is 0.350. The Bertz CT molecular complexity index is 901. The number of hydrogen-bond acceptors (Lipinski definition) is 4. The van der Waals surface area contributed by atoms with Gasteiger partial charge in [0.2, 0.25) is 0 Å². The molecule has 3 rings (SSSR count). The Kier molecular flexibility index (Phi) is 5.79. The zero-order valence-corrected chi connectivity index (χ0v) is 15.9. The van der Waals surface area contributed by atoms with Crippen LogP contribution in [0, 0.1) is 5.82 Å². The lowest BCUT2D eigenvalue weighted by molar-refractivity contribution is -0.140. The monoisotopic (exact) mass is 391 g/mol. The minimum Gasteiger partial charge on any atom is -0.481 e. The van der Waals surface area contributed by atoms with Crippen molar-refractivity contribution in [3.8, 4) is 5.75 Å². The molecule has 144 valence electrons. The summed E-state index contributed by atoms with van der Waals surface area (Å²) in [7, 11) is -3.14. The van der Waals surface area contributed by atoms with E-state index in [0.29, 0.717) is 13.0 Å². The Morgan fingerprint density at radius 1 is 1.22 bits per heavy atom. The summed E-state index contributed by atoms with van der Waals surface area (Å²) in [6.07, 6.45) is -0.452. The van der Waals surface area contributed by atoms with E-state index >= 15 is 0 Å². The summed E-state index contributed by atoms with van der Waals surface area (Å²) in [6, 6.07) is 14.6. The van der Waals surface area contributed by atoms with Crippen LogP contribution in [0.25, 0.3) is 0 Å². The number of nitrogens with zero attached hydrogens (tertiary/aromatic N) is 1. The lowest BCUT2D eigenvalue weighted by Gasteiger charge is -2.31. The van der Waals surface area contributed by atoms with E-state index in [1.54, 1.807) is 17.9 Å². The van der Waals surface area contributed by atoms with Crippen LogP contribution in [0.2, 0.25) is 0 Å². The van der Waals surface area contributed by atoms with Crippen molar-refractivity contribution < 1.29 is 22.3 Å². The normalized spacial score (nSPS) is 19.4. The Labute approximate surface area is 158 Å². The van der Waals surface area contributed by atoms with Crippen molar-refractivity contribution in [2.24, 2.45) is 0 Å². The molecule has 0 bridgehead atoms. The molecule has 1 amide bonds. The van der Waals surface area contributed by atoms with E-state index in [4.69, 9.17) is 4.74 Å². The topological polar surface area (TPSA) is 63.7 Å². The molecular formula is C20H22FNO4S. The lowest BCUT2D eigenvalue weighted by Crippen LogP contribution is -2.46. The smallest absolute Gasteiger partial charge is 0.263 e. The van der Waals surface area contributed by atoms with E-state index in [9.17, 15) is 17.6 Å². The highest BCUT2D eigenvalue weighted by molar-refractivity contribution is 7.91. The van der Waals surface area contributed by atoms with Gasteiger partial charge in [0.25, 0.3) is 5.91 Å². The molecular weight excluding hydrogens is 369 g/mol. The third kappa shape index (κ3) is 5.07. The van der Waals surface area contributed by atoms with Gasteiger partial charge in [-0.25, -0.2) is 12.8 Å². The van der Waals surface area contributed by atoms with E-state index < -0.39 is 21.8 Å². The number of carbonyl (C=O) groups excluding carboxylic acids is 1. The predicted octanol–water partition coefficient (Wildman–Crippen LogP) is 2.81. The van der Waals surface area contributed by atoms with Crippen molar-refractivity contribution in [2.45, 2.75) is 32.0 Å². The van der Waals surface area contributed by atoms with Crippen LogP contribution < -0.4 is 4.74 Å². The predicted molar refractivity (Wildman–Crippen MR) is 101 cm³/mol. The number of amides is 1. The molecule has 2 atom stereocenters. The highest BCUT2D eigenvalue weighted by atomic mass is 32.2. The maximum absolute atomic E-state index is 13.4. The number of benzene rings is 2. The standard InChI is InChI=1S/C20H22FNO4S/c1-15(26-19-9-5-8-17(21)12-19)20(23)22(13-16-6-3-2-4-7-16)18-10-11-27(24,25)14-18/h2-9,12,15,18H,10-11,13-14H2,1H3/t15-,18-/m1/s1. The summed E-state index contributed by atoms with van der Waals surface area (Å²) in [5.74, 6) is -0.469. The Hall–Kier alpha value is -2.41. The van der Waals surface area contributed by atoms with Gasteiger partial charge >= 0.3 is 0 Å². The van der Waals surface area contributed by atoms with Crippen LogP contribution in [0.3, 0.4) is 0 Å². The van der Waals surface area contributed by atoms with Crippen LogP contribution in [0.1, 0.15) is 18.9 Å². The molecule has 0 aromatic heterocycles. The van der Waals surface area contributed by atoms with Crippen molar-refractivity contribution in [3.63, 3.8) is 0 Å². The molecule has 2 aromatic carbocycles. The van der Waals surface area contributed by atoms with Gasteiger partial charge < -0.3 is 9.64 Å². The van der Waals surface area contributed by atoms with Crippen LogP contribution in [0.4, 0.5) is 4.39 Å². The summed E-state index contributed by atoms with van der Waals surface area (Å²) < 4.78 is 42.8. The fourth-order valence-electron chi connectivity index (χ4n) is 3.22. The zero-order chi connectivity index (χ0) is 19.4. The minimum atomic E-state index is -3.14. The van der Waals surface area contributed by atoms with Crippen LogP contribution in [0.15, 0.2) is 54.6 Å². The van der Waals surface area contributed by atoms with Crippen LogP contribution in [0.5, 0.6) is 5.75 Å².